The van der Waals surface area contributed by atoms with Gasteiger partial charge in [-0.3, -0.25) is 9.59 Å². The monoisotopic (exact) mass is 415 g/mol. The Morgan fingerprint density at radius 2 is 1.93 bits per heavy atom. The number of hydrogen-bond donors (Lipinski definition) is 1. The Balaban J connectivity index is 1.30. The zero-order valence-corrected chi connectivity index (χ0v) is 16.5. The van der Waals surface area contributed by atoms with Crippen LogP contribution in [0, 0.1) is 0 Å². The van der Waals surface area contributed by atoms with E-state index in [2.05, 4.69) is 10.5 Å². The molecule has 0 radical (unpaired) electrons. The van der Waals surface area contributed by atoms with Gasteiger partial charge in [-0.05, 0) is 29.8 Å². The number of benzene rings is 1. The molecular formula is C20H18ClN3O3S. The molecule has 1 N–H and O–H groups in total. The highest BCUT2D eigenvalue weighted by molar-refractivity contribution is 7.18. The second-order valence-electron chi connectivity index (χ2n) is 6.54. The summed E-state index contributed by atoms with van der Waals surface area (Å²) in [6.45, 7) is 1.68. The fraction of sp³-hybridized carbons (Fsp3) is 0.250. The lowest BCUT2D eigenvalue weighted by atomic mass is 10.0. The first-order valence-electron chi connectivity index (χ1n) is 8.91. The van der Waals surface area contributed by atoms with E-state index in [4.69, 9.17) is 16.4 Å². The summed E-state index contributed by atoms with van der Waals surface area (Å²) >= 11 is 7.09. The molecule has 144 valence electrons. The molecule has 2 amide bonds. The topological polar surface area (TPSA) is 71.0 Å². The van der Waals surface area contributed by atoms with Crippen LogP contribution < -0.4 is 5.32 Å². The Morgan fingerprint density at radius 1 is 1.18 bits per heavy atom. The number of carbonyl (C=O) groups is 2. The fourth-order valence-electron chi connectivity index (χ4n) is 3.07. The predicted molar refractivity (Wildman–Crippen MR) is 109 cm³/mol. The highest BCUT2D eigenvalue weighted by Crippen LogP contribution is 2.22. The number of hydrogen-bond acceptors (Lipinski definition) is 5. The van der Waals surface area contributed by atoms with Crippen molar-refractivity contribution in [2.45, 2.75) is 12.5 Å². The second kappa shape index (κ2) is 8.16. The summed E-state index contributed by atoms with van der Waals surface area (Å²) < 4.78 is 0.579. The van der Waals surface area contributed by atoms with Crippen LogP contribution in [0.3, 0.4) is 0 Å². The molecule has 8 heteroatoms. The normalized spacial score (nSPS) is 18.1. The Morgan fingerprint density at radius 3 is 2.61 bits per heavy atom. The van der Waals surface area contributed by atoms with Gasteiger partial charge in [-0.25, -0.2) is 0 Å². The fourth-order valence-corrected chi connectivity index (χ4v) is 4.03. The van der Waals surface area contributed by atoms with Gasteiger partial charge in [-0.1, -0.05) is 41.0 Å². The maximum atomic E-state index is 12.4. The Labute approximate surface area is 171 Å². The van der Waals surface area contributed by atoms with Crippen molar-refractivity contribution in [3.63, 3.8) is 0 Å². The molecule has 28 heavy (non-hydrogen) atoms. The summed E-state index contributed by atoms with van der Waals surface area (Å²) in [6.07, 6.45) is 4.35. The molecule has 0 aliphatic carbocycles. The molecule has 0 spiro atoms. The van der Waals surface area contributed by atoms with E-state index >= 15 is 0 Å². The van der Waals surface area contributed by atoms with Gasteiger partial charge in [-0.2, -0.15) is 0 Å². The van der Waals surface area contributed by atoms with Crippen molar-refractivity contribution in [1.82, 2.24) is 10.2 Å². The lowest BCUT2D eigenvalue weighted by Crippen LogP contribution is -2.31. The van der Waals surface area contributed by atoms with Gasteiger partial charge in [0.25, 0.3) is 11.8 Å². The van der Waals surface area contributed by atoms with Gasteiger partial charge in [0.15, 0.2) is 0 Å². The van der Waals surface area contributed by atoms with E-state index in [1.54, 1.807) is 17.0 Å². The van der Waals surface area contributed by atoms with Crippen LogP contribution in [0.2, 0.25) is 4.34 Å². The predicted octanol–water partition coefficient (Wildman–Crippen LogP) is 3.34. The Kier molecular flexibility index (Phi) is 5.45. The van der Waals surface area contributed by atoms with Crippen molar-refractivity contribution in [3.05, 3.63) is 68.9 Å². The molecule has 1 unspecified atom stereocenters. The third-order valence-electron chi connectivity index (χ3n) is 4.59. The molecule has 2 aliphatic rings. The van der Waals surface area contributed by atoms with Crippen molar-refractivity contribution >= 4 is 40.5 Å². The lowest BCUT2D eigenvalue weighted by molar-refractivity contribution is 0.0755. The smallest absolute Gasteiger partial charge is 0.261 e. The minimum atomic E-state index is -0.216. The molecule has 2 aromatic rings. The van der Waals surface area contributed by atoms with Gasteiger partial charge in [0, 0.05) is 25.1 Å². The Hall–Kier alpha value is -2.64. The number of carbonyl (C=O) groups excluding carboxylic acids is 2. The average molecular weight is 416 g/mol. The van der Waals surface area contributed by atoms with Crippen LogP contribution in [0.25, 0.3) is 0 Å². The van der Waals surface area contributed by atoms with Gasteiger partial charge in [0.2, 0.25) is 0 Å². The molecule has 1 aromatic carbocycles. The van der Waals surface area contributed by atoms with Crippen molar-refractivity contribution in [2.24, 2.45) is 5.16 Å². The van der Waals surface area contributed by atoms with Gasteiger partial charge < -0.3 is 15.1 Å². The minimum absolute atomic E-state index is 0.0235. The van der Waals surface area contributed by atoms with Gasteiger partial charge in [0.05, 0.1) is 21.5 Å². The molecule has 4 rings (SSSR count). The molecular weight excluding hydrogens is 398 g/mol. The highest BCUT2D eigenvalue weighted by atomic mass is 35.5. The molecule has 3 heterocycles. The van der Waals surface area contributed by atoms with Gasteiger partial charge in [-0.15, -0.1) is 11.3 Å². The summed E-state index contributed by atoms with van der Waals surface area (Å²) in [6, 6.07) is 10.8. The van der Waals surface area contributed by atoms with Crippen molar-refractivity contribution in [2.75, 3.05) is 19.6 Å². The molecule has 1 atom stereocenters. The number of rotatable bonds is 5. The number of thiophene rings is 1. The van der Waals surface area contributed by atoms with Crippen LogP contribution in [0.1, 0.15) is 32.0 Å². The summed E-state index contributed by atoms with van der Waals surface area (Å²) in [5.74, 6) is -0.149. The number of nitrogens with zero attached hydrogens (tertiary/aromatic N) is 2. The first kappa shape index (κ1) is 18.7. The molecule has 1 aromatic heterocycles. The first-order valence-corrected chi connectivity index (χ1v) is 10.1. The van der Waals surface area contributed by atoms with Crippen molar-refractivity contribution < 1.29 is 14.4 Å². The quantitative estimate of drug-likeness (QED) is 0.761. The van der Waals surface area contributed by atoms with Gasteiger partial charge in [0.1, 0.15) is 6.10 Å². The molecule has 2 aliphatic heterocycles. The van der Waals surface area contributed by atoms with Crippen molar-refractivity contribution in [3.8, 4) is 0 Å². The summed E-state index contributed by atoms with van der Waals surface area (Å²) in [5.41, 5.74) is 2.38. The molecule has 0 fully saturated rings. The second-order valence-corrected chi connectivity index (χ2v) is 8.26. The lowest BCUT2D eigenvalue weighted by Gasteiger charge is -2.15. The number of nitrogens with one attached hydrogen (secondary N) is 1. The summed E-state index contributed by atoms with van der Waals surface area (Å²) in [4.78, 5) is 32.3. The third-order valence-corrected chi connectivity index (χ3v) is 5.82. The standard InChI is InChI=1S/C20H18ClN3O3S/c21-18-8-7-17(28-18)19(25)22-12-15-11-16(23-27-15)13-3-5-14(6-4-13)20(26)24-9-1-2-10-24/h1-8,15H,9-12H2,(H,22,25). The van der Waals surface area contributed by atoms with E-state index in [1.807, 2.05) is 36.4 Å². The maximum Gasteiger partial charge on any atom is 0.261 e. The SMILES string of the molecule is O=C(NCC1CC(c2ccc(C(=O)N3CC=CC3)cc2)=NO1)c1ccc(Cl)s1. The zero-order chi connectivity index (χ0) is 19.5. The largest absolute Gasteiger partial charge is 0.390 e. The zero-order valence-electron chi connectivity index (χ0n) is 14.9. The average Bonchev–Trinajstić information content (AvgIpc) is 3.47. The Bertz CT molecular complexity index is 944. The van der Waals surface area contributed by atoms with Crippen LogP contribution in [0.15, 0.2) is 53.7 Å². The van der Waals surface area contributed by atoms with E-state index in [1.165, 1.54) is 11.3 Å². The first-order chi connectivity index (χ1) is 13.6. The van der Waals surface area contributed by atoms with Crippen LogP contribution >= 0.6 is 22.9 Å². The third kappa shape index (κ3) is 4.10. The number of amides is 2. The summed E-state index contributed by atoms with van der Waals surface area (Å²) in [5, 5.41) is 6.98. The number of oxime groups is 1. The van der Waals surface area contributed by atoms with Crippen molar-refractivity contribution in [1.29, 1.82) is 0 Å². The van der Waals surface area contributed by atoms with E-state index < -0.39 is 0 Å². The van der Waals surface area contributed by atoms with Crippen LogP contribution in [-0.2, 0) is 4.84 Å². The molecule has 6 nitrogen and oxygen atoms in total. The van der Waals surface area contributed by atoms with Gasteiger partial charge >= 0.3 is 0 Å². The van der Waals surface area contributed by atoms with E-state index in [9.17, 15) is 9.59 Å². The van der Waals surface area contributed by atoms with E-state index in [0.29, 0.717) is 40.8 Å². The minimum Gasteiger partial charge on any atom is -0.390 e. The van der Waals surface area contributed by atoms with Crippen LogP contribution in [0.4, 0.5) is 0 Å². The van der Waals surface area contributed by atoms with E-state index in [-0.39, 0.29) is 17.9 Å². The van der Waals surface area contributed by atoms with Crippen LogP contribution in [-0.4, -0.2) is 48.2 Å². The summed E-state index contributed by atoms with van der Waals surface area (Å²) in [7, 11) is 0. The maximum absolute atomic E-state index is 12.4. The molecule has 0 saturated heterocycles. The number of halogens is 1. The van der Waals surface area contributed by atoms with Crippen LogP contribution in [0.5, 0.6) is 0 Å². The highest BCUT2D eigenvalue weighted by Gasteiger charge is 2.24. The molecule has 0 bridgehead atoms. The molecule has 0 saturated carbocycles. The van der Waals surface area contributed by atoms with E-state index in [0.717, 1.165) is 11.3 Å².